The maximum Gasteiger partial charge on any atom is 0.375 e. The first kappa shape index (κ1) is 11.6. The lowest BCUT2D eigenvalue weighted by molar-refractivity contribution is -0.365. The molecule has 1 rings (SSSR count). The van der Waals surface area contributed by atoms with Gasteiger partial charge in [-0.2, -0.15) is 26.3 Å². The molecule has 1 aliphatic carbocycles. The van der Waals surface area contributed by atoms with Crippen LogP contribution in [0.15, 0.2) is 0 Å². The molecule has 0 aromatic rings. The highest BCUT2D eigenvalue weighted by molar-refractivity contribution is 5.10. The van der Waals surface area contributed by atoms with Crippen LogP contribution < -0.4 is 0 Å². The maximum absolute atomic E-state index is 12.9. The van der Waals surface area contributed by atoms with Crippen LogP contribution in [0, 0.1) is 0 Å². The minimum Gasteiger partial charge on any atom is -0.237 e. The van der Waals surface area contributed by atoms with Crippen LogP contribution in [-0.4, -0.2) is 23.4 Å². The molecule has 1 aliphatic rings. The Morgan fingerprint density at radius 3 is 1.50 bits per heavy atom. The van der Waals surface area contributed by atoms with Gasteiger partial charge in [0.25, 0.3) is 0 Å². The quantitative estimate of drug-likeness (QED) is 0.553. The molecule has 84 valence electrons. The van der Waals surface area contributed by atoms with Gasteiger partial charge in [0, 0.05) is 6.42 Å². The van der Waals surface area contributed by atoms with Gasteiger partial charge in [0.2, 0.25) is 0 Å². The molecule has 0 aromatic heterocycles. The predicted octanol–water partition coefficient (Wildman–Crippen LogP) is 3.41. The summed E-state index contributed by atoms with van der Waals surface area (Å²) >= 11 is 0. The third kappa shape index (κ3) is 1.13. The molecule has 1 unspecified atom stereocenters. The summed E-state index contributed by atoms with van der Waals surface area (Å²) in [4.78, 5) is 0. The first-order valence-corrected chi connectivity index (χ1v) is 3.78. The van der Waals surface area contributed by atoms with Crippen LogP contribution >= 0.6 is 0 Å². The maximum atomic E-state index is 12.9. The van der Waals surface area contributed by atoms with Crippen molar-refractivity contribution < 1.29 is 30.7 Å². The van der Waals surface area contributed by atoms with Gasteiger partial charge in [0.1, 0.15) is 0 Å². The van der Waals surface area contributed by atoms with E-state index in [4.69, 9.17) is 0 Å². The zero-order chi connectivity index (χ0) is 11.4. The van der Waals surface area contributed by atoms with Crippen molar-refractivity contribution in [3.05, 3.63) is 0 Å². The molecule has 7 heteroatoms. The number of hydrogen-bond acceptors (Lipinski definition) is 0. The van der Waals surface area contributed by atoms with Gasteiger partial charge in [-0.1, -0.05) is 0 Å². The topological polar surface area (TPSA) is 0 Å². The van der Waals surface area contributed by atoms with Crippen LogP contribution in [0.4, 0.5) is 30.7 Å². The molecule has 0 spiro atoms. The molecule has 0 aromatic carbocycles. The Hall–Kier alpha value is -0.490. The Labute approximate surface area is 75.1 Å². The van der Waals surface area contributed by atoms with Crippen LogP contribution in [0.2, 0.25) is 0 Å². The van der Waals surface area contributed by atoms with Gasteiger partial charge < -0.3 is 0 Å². The van der Waals surface area contributed by atoms with Gasteiger partial charge in [-0.15, -0.1) is 0 Å². The first-order chi connectivity index (χ1) is 5.96. The third-order valence-electron chi connectivity index (χ3n) is 2.42. The summed E-state index contributed by atoms with van der Waals surface area (Å²) < 4.78 is 88.1. The van der Waals surface area contributed by atoms with E-state index in [0.29, 0.717) is 0 Å². The number of halogens is 7. The van der Waals surface area contributed by atoms with Gasteiger partial charge in [-0.25, -0.2) is 4.39 Å². The second kappa shape index (κ2) is 2.55. The molecule has 0 amide bonds. The molecule has 14 heavy (non-hydrogen) atoms. The highest BCUT2D eigenvalue weighted by atomic mass is 19.3. The molecule has 0 bridgehead atoms. The number of rotatable bonds is 0. The molecule has 1 saturated carbocycles. The van der Waals surface area contributed by atoms with Crippen LogP contribution in [0.25, 0.3) is 0 Å². The Morgan fingerprint density at radius 2 is 1.14 bits per heavy atom. The fourth-order valence-corrected chi connectivity index (χ4v) is 1.26. The van der Waals surface area contributed by atoms with Gasteiger partial charge in [-0.05, 0) is 13.3 Å². The molecular formula is C7H7F7. The second-order valence-corrected chi connectivity index (χ2v) is 3.55. The minimum absolute atomic E-state index is 0.205. The van der Waals surface area contributed by atoms with Gasteiger partial charge >= 0.3 is 17.8 Å². The normalized spacial score (nSPS) is 39.4. The van der Waals surface area contributed by atoms with Gasteiger partial charge in [-0.3, -0.25) is 0 Å². The standard InChI is InChI=1S/C7H7F7/c1-4(8)2-3-5(9,10)7(13,14)6(4,11)12/h2-3H2,1H3. The summed E-state index contributed by atoms with van der Waals surface area (Å²) in [6.45, 7) is 0.205. The lowest BCUT2D eigenvalue weighted by atomic mass is 9.79. The summed E-state index contributed by atoms with van der Waals surface area (Å²) in [5.74, 6) is -15.8. The molecular weight excluding hydrogens is 217 g/mol. The Balaban J connectivity index is 3.20. The van der Waals surface area contributed by atoms with Crippen molar-refractivity contribution in [1.29, 1.82) is 0 Å². The molecule has 0 N–H and O–H groups in total. The zero-order valence-electron chi connectivity index (χ0n) is 7.06. The highest BCUT2D eigenvalue weighted by Crippen LogP contribution is 2.58. The van der Waals surface area contributed by atoms with E-state index >= 15 is 0 Å². The first-order valence-electron chi connectivity index (χ1n) is 3.78. The van der Waals surface area contributed by atoms with Crippen molar-refractivity contribution >= 4 is 0 Å². The summed E-state index contributed by atoms with van der Waals surface area (Å²) in [6, 6.07) is 0. The fraction of sp³-hybridized carbons (Fsp3) is 1.00. The van der Waals surface area contributed by atoms with Crippen molar-refractivity contribution in [2.45, 2.75) is 43.2 Å². The Morgan fingerprint density at radius 1 is 0.714 bits per heavy atom. The Bertz CT molecular complexity index is 216. The summed E-state index contributed by atoms with van der Waals surface area (Å²) in [5, 5.41) is 0. The van der Waals surface area contributed by atoms with Crippen LogP contribution in [0.5, 0.6) is 0 Å². The van der Waals surface area contributed by atoms with E-state index in [1.807, 2.05) is 0 Å². The van der Waals surface area contributed by atoms with E-state index < -0.39 is 36.3 Å². The molecule has 0 radical (unpaired) electrons. The third-order valence-corrected chi connectivity index (χ3v) is 2.42. The predicted molar refractivity (Wildman–Crippen MR) is 33.6 cm³/mol. The second-order valence-electron chi connectivity index (χ2n) is 3.55. The largest absolute Gasteiger partial charge is 0.375 e. The molecule has 1 fully saturated rings. The highest BCUT2D eigenvalue weighted by Gasteiger charge is 2.80. The van der Waals surface area contributed by atoms with Crippen molar-refractivity contribution in [3.63, 3.8) is 0 Å². The smallest absolute Gasteiger partial charge is 0.237 e. The van der Waals surface area contributed by atoms with Crippen LogP contribution in [-0.2, 0) is 0 Å². The molecule has 0 saturated heterocycles. The van der Waals surface area contributed by atoms with Crippen molar-refractivity contribution in [3.8, 4) is 0 Å². The SMILES string of the molecule is CC1(F)CCC(F)(F)C(F)(F)C1(F)F. The van der Waals surface area contributed by atoms with E-state index in [-0.39, 0.29) is 6.92 Å². The summed E-state index contributed by atoms with van der Waals surface area (Å²) in [5.41, 5.74) is -3.60. The molecule has 0 aliphatic heterocycles. The van der Waals surface area contributed by atoms with E-state index in [9.17, 15) is 30.7 Å². The van der Waals surface area contributed by atoms with Crippen LogP contribution in [0.1, 0.15) is 19.8 Å². The molecule has 0 nitrogen and oxygen atoms in total. The van der Waals surface area contributed by atoms with Crippen molar-refractivity contribution in [2.75, 3.05) is 0 Å². The van der Waals surface area contributed by atoms with Gasteiger partial charge in [0.15, 0.2) is 5.67 Å². The van der Waals surface area contributed by atoms with Gasteiger partial charge in [0.05, 0.1) is 0 Å². The minimum atomic E-state index is -5.64. The lowest BCUT2D eigenvalue weighted by Gasteiger charge is -2.43. The molecule has 1 atom stereocenters. The van der Waals surface area contributed by atoms with Crippen LogP contribution in [0.3, 0.4) is 0 Å². The van der Waals surface area contributed by atoms with E-state index in [0.717, 1.165) is 0 Å². The number of hydrogen-bond donors (Lipinski definition) is 0. The lowest BCUT2D eigenvalue weighted by Crippen LogP contribution is -2.66. The van der Waals surface area contributed by atoms with E-state index in [1.165, 1.54) is 0 Å². The van der Waals surface area contributed by atoms with E-state index in [2.05, 4.69) is 0 Å². The fourth-order valence-electron chi connectivity index (χ4n) is 1.26. The molecule has 0 heterocycles. The van der Waals surface area contributed by atoms with Crippen molar-refractivity contribution in [2.24, 2.45) is 0 Å². The average Bonchev–Trinajstić information content (AvgIpc) is 1.98. The van der Waals surface area contributed by atoms with Crippen molar-refractivity contribution in [1.82, 2.24) is 0 Å². The summed E-state index contributed by atoms with van der Waals surface area (Å²) in [7, 11) is 0. The average molecular weight is 224 g/mol. The van der Waals surface area contributed by atoms with E-state index in [1.54, 1.807) is 0 Å². The zero-order valence-corrected chi connectivity index (χ0v) is 7.06. The monoisotopic (exact) mass is 224 g/mol. The summed E-state index contributed by atoms with van der Waals surface area (Å²) in [6.07, 6.45) is -2.87. The Kier molecular flexibility index (Phi) is 2.11. The number of alkyl halides is 7.